The average Bonchev–Trinajstić information content (AvgIpc) is 2.18. The van der Waals surface area contributed by atoms with Gasteiger partial charge in [0.25, 0.3) is 5.24 Å². The highest BCUT2D eigenvalue weighted by atomic mass is 79.9. The number of hydrogen-bond donors (Lipinski definition) is 0. The van der Waals surface area contributed by atoms with E-state index in [1.165, 1.54) is 6.07 Å². The van der Waals surface area contributed by atoms with E-state index in [2.05, 4.69) is 15.9 Å². The summed E-state index contributed by atoms with van der Waals surface area (Å²) >= 11 is 14.0. The normalized spacial score (nSPS) is 10.1. The summed E-state index contributed by atoms with van der Waals surface area (Å²) in [5.41, 5.74) is 0.736. The Kier molecular flexibility index (Phi) is 4.77. The summed E-state index contributed by atoms with van der Waals surface area (Å²) in [6.45, 7) is 0. The zero-order valence-electron chi connectivity index (χ0n) is 7.60. The molecule has 0 aliphatic carbocycles. The predicted molar refractivity (Wildman–Crippen MR) is 64.0 cm³/mol. The Balaban J connectivity index is 3.10. The standard InChI is InChI=1S/C10H7BrCl2O2/c11-8-2-1-6(10(13)15)5-7(8)9(14)3-4-12/h1-2,5H,3-4H2. The summed E-state index contributed by atoms with van der Waals surface area (Å²) in [4.78, 5) is 22.5. The lowest BCUT2D eigenvalue weighted by atomic mass is 10.1. The number of rotatable bonds is 4. The lowest BCUT2D eigenvalue weighted by Crippen LogP contribution is -2.03. The van der Waals surface area contributed by atoms with E-state index in [9.17, 15) is 9.59 Å². The second kappa shape index (κ2) is 5.64. The van der Waals surface area contributed by atoms with E-state index >= 15 is 0 Å². The molecule has 0 unspecified atom stereocenters. The summed E-state index contributed by atoms with van der Waals surface area (Å²) < 4.78 is 0.638. The number of benzene rings is 1. The minimum Gasteiger partial charge on any atom is -0.294 e. The molecule has 0 saturated heterocycles. The third-order valence-corrected chi connectivity index (χ3v) is 2.91. The molecule has 0 spiro atoms. The summed E-state index contributed by atoms with van der Waals surface area (Å²) in [7, 11) is 0. The Labute approximate surface area is 106 Å². The second-order valence-electron chi connectivity index (χ2n) is 2.83. The molecule has 15 heavy (non-hydrogen) atoms. The molecule has 2 nitrogen and oxygen atoms in total. The molecule has 1 aromatic rings. The molecule has 0 aromatic heterocycles. The van der Waals surface area contributed by atoms with Crippen LogP contribution in [0, 0.1) is 0 Å². The third-order valence-electron chi connectivity index (χ3n) is 1.82. The molecule has 0 radical (unpaired) electrons. The third kappa shape index (κ3) is 3.30. The zero-order chi connectivity index (χ0) is 11.4. The molecule has 80 valence electrons. The van der Waals surface area contributed by atoms with Crippen LogP contribution >= 0.6 is 39.1 Å². The van der Waals surface area contributed by atoms with E-state index in [-0.39, 0.29) is 18.1 Å². The van der Waals surface area contributed by atoms with Crippen LogP contribution in [-0.2, 0) is 0 Å². The maximum Gasteiger partial charge on any atom is 0.252 e. The van der Waals surface area contributed by atoms with Gasteiger partial charge in [0.1, 0.15) is 0 Å². The van der Waals surface area contributed by atoms with Gasteiger partial charge in [0, 0.05) is 27.9 Å². The van der Waals surface area contributed by atoms with Crippen molar-refractivity contribution in [1.82, 2.24) is 0 Å². The van der Waals surface area contributed by atoms with Crippen molar-refractivity contribution in [3.63, 3.8) is 0 Å². The Bertz CT molecular complexity index is 404. The maximum absolute atomic E-state index is 11.6. The molecule has 0 amide bonds. The predicted octanol–water partition coefficient (Wildman–Crippen LogP) is 3.64. The van der Waals surface area contributed by atoms with Gasteiger partial charge in [-0.1, -0.05) is 15.9 Å². The summed E-state index contributed by atoms with van der Waals surface area (Å²) in [6, 6.07) is 4.64. The zero-order valence-corrected chi connectivity index (χ0v) is 10.7. The fourth-order valence-corrected chi connectivity index (χ4v) is 1.84. The quantitative estimate of drug-likeness (QED) is 0.483. The van der Waals surface area contributed by atoms with Crippen molar-refractivity contribution in [1.29, 1.82) is 0 Å². The molecule has 0 atom stereocenters. The number of ketones is 1. The molecule has 1 rings (SSSR count). The summed E-state index contributed by atoms with van der Waals surface area (Å²) in [5, 5.41) is -0.581. The first-order valence-electron chi connectivity index (χ1n) is 4.15. The van der Waals surface area contributed by atoms with Crippen LogP contribution < -0.4 is 0 Å². The van der Waals surface area contributed by atoms with Gasteiger partial charge in [-0.25, -0.2) is 0 Å². The Morgan fingerprint density at radius 1 is 1.33 bits per heavy atom. The molecule has 0 N–H and O–H groups in total. The van der Waals surface area contributed by atoms with Crippen molar-refractivity contribution in [2.24, 2.45) is 0 Å². The number of Topliss-reactive ketones (excluding diaryl/α,β-unsaturated/α-hetero) is 1. The number of hydrogen-bond acceptors (Lipinski definition) is 2. The van der Waals surface area contributed by atoms with Crippen LogP contribution in [0.2, 0.25) is 0 Å². The van der Waals surface area contributed by atoms with Crippen LogP contribution in [0.1, 0.15) is 27.1 Å². The van der Waals surface area contributed by atoms with Gasteiger partial charge in [-0.05, 0) is 29.8 Å². The topological polar surface area (TPSA) is 34.1 Å². The number of alkyl halides is 1. The molecular formula is C10H7BrCl2O2. The van der Waals surface area contributed by atoms with Gasteiger partial charge in [-0.15, -0.1) is 11.6 Å². The van der Waals surface area contributed by atoms with E-state index in [0.29, 0.717) is 15.6 Å². The van der Waals surface area contributed by atoms with Gasteiger partial charge < -0.3 is 0 Å². The molecule has 0 aliphatic rings. The molecule has 0 bridgehead atoms. The van der Waals surface area contributed by atoms with Gasteiger partial charge in [0.2, 0.25) is 0 Å². The van der Waals surface area contributed by atoms with E-state index in [1.54, 1.807) is 12.1 Å². The van der Waals surface area contributed by atoms with Crippen molar-refractivity contribution < 1.29 is 9.59 Å². The minimum atomic E-state index is -0.581. The van der Waals surface area contributed by atoms with Crippen molar-refractivity contribution >= 4 is 50.2 Å². The van der Waals surface area contributed by atoms with Gasteiger partial charge in [-0.2, -0.15) is 0 Å². The molecule has 0 aliphatic heterocycles. The van der Waals surface area contributed by atoms with Crippen LogP contribution in [0.4, 0.5) is 0 Å². The lowest BCUT2D eigenvalue weighted by Gasteiger charge is -2.03. The first-order valence-corrected chi connectivity index (χ1v) is 5.85. The highest BCUT2D eigenvalue weighted by Gasteiger charge is 2.12. The SMILES string of the molecule is O=C(Cl)c1ccc(Br)c(C(=O)CCCl)c1. The van der Waals surface area contributed by atoms with Gasteiger partial charge in [0.05, 0.1) is 0 Å². The van der Waals surface area contributed by atoms with Gasteiger partial charge >= 0.3 is 0 Å². The Hall–Kier alpha value is -0.380. The highest BCUT2D eigenvalue weighted by Crippen LogP contribution is 2.21. The molecule has 0 heterocycles. The fourth-order valence-electron chi connectivity index (χ4n) is 1.08. The Morgan fingerprint density at radius 2 is 2.00 bits per heavy atom. The first kappa shape index (κ1) is 12.7. The number of halogens is 3. The fraction of sp³-hybridized carbons (Fsp3) is 0.200. The van der Waals surface area contributed by atoms with Crippen LogP contribution in [-0.4, -0.2) is 16.9 Å². The minimum absolute atomic E-state index is 0.114. The largest absolute Gasteiger partial charge is 0.294 e. The van der Waals surface area contributed by atoms with Gasteiger partial charge in [-0.3, -0.25) is 9.59 Å². The van der Waals surface area contributed by atoms with Crippen molar-refractivity contribution in [3.8, 4) is 0 Å². The van der Waals surface area contributed by atoms with Crippen LogP contribution in [0.15, 0.2) is 22.7 Å². The van der Waals surface area contributed by atoms with Crippen molar-refractivity contribution in [2.45, 2.75) is 6.42 Å². The smallest absolute Gasteiger partial charge is 0.252 e. The molecule has 0 fully saturated rings. The number of carbonyl (C=O) groups excluding carboxylic acids is 2. The lowest BCUT2D eigenvalue weighted by molar-refractivity contribution is 0.0988. The summed E-state index contributed by atoms with van der Waals surface area (Å²) in [6.07, 6.45) is 0.236. The average molecular weight is 310 g/mol. The van der Waals surface area contributed by atoms with Crippen molar-refractivity contribution in [2.75, 3.05) is 5.88 Å². The van der Waals surface area contributed by atoms with Crippen LogP contribution in [0.5, 0.6) is 0 Å². The number of carbonyl (C=O) groups is 2. The highest BCUT2D eigenvalue weighted by molar-refractivity contribution is 9.10. The second-order valence-corrected chi connectivity index (χ2v) is 4.41. The van der Waals surface area contributed by atoms with E-state index in [0.717, 1.165) is 0 Å². The molecule has 0 saturated carbocycles. The van der Waals surface area contributed by atoms with E-state index < -0.39 is 5.24 Å². The van der Waals surface area contributed by atoms with Gasteiger partial charge in [0.15, 0.2) is 5.78 Å². The maximum atomic E-state index is 11.6. The Morgan fingerprint density at radius 3 is 2.53 bits per heavy atom. The monoisotopic (exact) mass is 308 g/mol. The van der Waals surface area contributed by atoms with E-state index in [4.69, 9.17) is 23.2 Å². The van der Waals surface area contributed by atoms with Crippen LogP contribution in [0.3, 0.4) is 0 Å². The summed E-state index contributed by atoms with van der Waals surface area (Å²) in [5.74, 6) is 0.140. The van der Waals surface area contributed by atoms with E-state index in [1.807, 2.05) is 0 Å². The van der Waals surface area contributed by atoms with Crippen LogP contribution in [0.25, 0.3) is 0 Å². The first-order chi connectivity index (χ1) is 7.06. The molecular weight excluding hydrogens is 303 g/mol. The molecule has 5 heteroatoms. The van der Waals surface area contributed by atoms with Crippen molar-refractivity contribution in [3.05, 3.63) is 33.8 Å². The molecule has 1 aromatic carbocycles.